The number of nitrogens with zero attached hydrogens (tertiary/aromatic N) is 2. The highest BCUT2D eigenvalue weighted by molar-refractivity contribution is 6.35. The van der Waals surface area contributed by atoms with Crippen molar-refractivity contribution >= 4 is 29.2 Å². The topological polar surface area (TPSA) is 44.1 Å². The molecule has 0 aliphatic carbocycles. The van der Waals surface area contributed by atoms with Crippen molar-refractivity contribution in [3.05, 3.63) is 81.1 Å². The van der Waals surface area contributed by atoms with Gasteiger partial charge in [0.15, 0.2) is 5.69 Å². The van der Waals surface area contributed by atoms with Gasteiger partial charge in [-0.3, -0.25) is 0 Å². The Morgan fingerprint density at radius 3 is 2.64 bits per heavy atom. The highest BCUT2D eigenvalue weighted by Crippen LogP contribution is 2.26. The molecular weight excluding hydrogens is 359 g/mol. The van der Waals surface area contributed by atoms with Gasteiger partial charge in [-0.25, -0.2) is 9.48 Å². The van der Waals surface area contributed by atoms with Crippen LogP contribution >= 0.6 is 23.2 Å². The Labute approximate surface area is 155 Å². The van der Waals surface area contributed by atoms with Crippen LogP contribution in [0, 0.1) is 6.92 Å². The Morgan fingerprint density at radius 2 is 1.96 bits per heavy atom. The lowest BCUT2D eigenvalue weighted by Crippen LogP contribution is -2.06. The minimum absolute atomic E-state index is 0.233. The zero-order valence-electron chi connectivity index (χ0n) is 13.8. The number of aryl methyl sites for hydroxylation is 1. The fourth-order valence-electron chi connectivity index (χ4n) is 2.64. The van der Waals surface area contributed by atoms with Gasteiger partial charge in [0.1, 0.15) is 0 Å². The molecule has 0 fully saturated rings. The van der Waals surface area contributed by atoms with Gasteiger partial charge in [-0.1, -0.05) is 53.0 Å². The molecule has 0 atom stereocenters. The van der Waals surface area contributed by atoms with E-state index in [1.54, 1.807) is 28.9 Å². The molecule has 0 amide bonds. The first-order valence-corrected chi connectivity index (χ1v) is 8.42. The fourth-order valence-corrected chi connectivity index (χ4v) is 3.13. The second kappa shape index (κ2) is 7.30. The highest BCUT2D eigenvalue weighted by Gasteiger charge is 2.17. The van der Waals surface area contributed by atoms with Crippen molar-refractivity contribution in [2.75, 3.05) is 7.11 Å². The number of hydrogen-bond acceptors (Lipinski definition) is 3. The van der Waals surface area contributed by atoms with Crippen molar-refractivity contribution in [3.63, 3.8) is 0 Å². The van der Waals surface area contributed by atoms with Gasteiger partial charge in [0.05, 0.1) is 17.8 Å². The quantitative estimate of drug-likeness (QED) is 0.612. The van der Waals surface area contributed by atoms with E-state index in [9.17, 15) is 4.79 Å². The molecule has 0 aliphatic rings. The van der Waals surface area contributed by atoms with Crippen LogP contribution in [0.3, 0.4) is 0 Å². The summed E-state index contributed by atoms with van der Waals surface area (Å²) < 4.78 is 6.45. The third kappa shape index (κ3) is 3.86. The molecule has 0 saturated heterocycles. The summed E-state index contributed by atoms with van der Waals surface area (Å²) in [5.74, 6) is -0.491. The molecule has 0 saturated carbocycles. The molecule has 3 rings (SSSR count). The smallest absolute Gasteiger partial charge is 0.358 e. The third-order valence-corrected chi connectivity index (χ3v) is 4.32. The van der Waals surface area contributed by atoms with Gasteiger partial charge in [0, 0.05) is 17.1 Å². The lowest BCUT2D eigenvalue weighted by molar-refractivity contribution is 0.0593. The first kappa shape index (κ1) is 17.5. The maximum absolute atomic E-state index is 11.9. The van der Waals surface area contributed by atoms with E-state index in [0.29, 0.717) is 22.2 Å². The van der Waals surface area contributed by atoms with Crippen molar-refractivity contribution in [2.45, 2.75) is 13.3 Å². The zero-order chi connectivity index (χ0) is 18.0. The number of carbonyl (C=O) groups excluding carboxylic acids is 1. The molecule has 1 heterocycles. The van der Waals surface area contributed by atoms with Crippen molar-refractivity contribution in [1.82, 2.24) is 9.78 Å². The predicted molar refractivity (Wildman–Crippen MR) is 98.9 cm³/mol. The lowest BCUT2D eigenvalue weighted by atomic mass is 10.1. The summed E-state index contributed by atoms with van der Waals surface area (Å²) in [6.07, 6.45) is 0.602. The molecule has 0 spiro atoms. The van der Waals surface area contributed by atoms with Gasteiger partial charge >= 0.3 is 5.97 Å². The number of carbonyl (C=O) groups is 1. The Morgan fingerprint density at radius 1 is 1.16 bits per heavy atom. The Hall–Kier alpha value is -2.30. The average molecular weight is 375 g/mol. The van der Waals surface area contributed by atoms with Crippen LogP contribution < -0.4 is 0 Å². The molecular formula is C19H16Cl2N2O2. The molecule has 0 N–H and O–H groups in total. The van der Waals surface area contributed by atoms with Crippen LogP contribution in [-0.2, 0) is 11.2 Å². The molecule has 4 nitrogen and oxygen atoms in total. The number of hydrogen-bond donors (Lipinski definition) is 0. The summed E-state index contributed by atoms with van der Waals surface area (Å²) in [5.41, 5.74) is 4.00. The van der Waals surface area contributed by atoms with Gasteiger partial charge in [0.25, 0.3) is 0 Å². The van der Waals surface area contributed by atoms with Crippen LogP contribution in [0.4, 0.5) is 0 Å². The standard InChI is InChI=1S/C19H16Cl2N2O2/c1-12-4-3-5-13(8-12)9-15-11-17(19(24)25-2)22-23(15)18-7-6-14(20)10-16(18)21/h3-8,10-11H,9H2,1-2H3. The minimum Gasteiger partial charge on any atom is -0.464 e. The van der Waals surface area contributed by atoms with Gasteiger partial charge < -0.3 is 4.74 Å². The molecule has 3 aromatic rings. The van der Waals surface area contributed by atoms with Crippen LogP contribution in [0.25, 0.3) is 5.69 Å². The zero-order valence-corrected chi connectivity index (χ0v) is 15.3. The van der Waals surface area contributed by atoms with Gasteiger partial charge in [0.2, 0.25) is 0 Å². The molecule has 1 aromatic heterocycles. The van der Waals surface area contributed by atoms with E-state index in [1.807, 2.05) is 25.1 Å². The van der Waals surface area contributed by atoms with Gasteiger partial charge in [-0.15, -0.1) is 0 Å². The molecule has 6 heteroatoms. The van der Waals surface area contributed by atoms with Crippen LogP contribution in [0.2, 0.25) is 10.0 Å². The van der Waals surface area contributed by atoms with Gasteiger partial charge in [-0.05, 0) is 36.8 Å². The lowest BCUT2D eigenvalue weighted by Gasteiger charge is -2.10. The maximum Gasteiger partial charge on any atom is 0.358 e. The number of ether oxygens (including phenoxy) is 1. The van der Waals surface area contributed by atoms with Crippen molar-refractivity contribution in [2.24, 2.45) is 0 Å². The SMILES string of the molecule is COC(=O)c1cc(Cc2cccc(C)c2)n(-c2ccc(Cl)cc2Cl)n1. The summed E-state index contributed by atoms with van der Waals surface area (Å²) in [4.78, 5) is 11.9. The highest BCUT2D eigenvalue weighted by atomic mass is 35.5. The number of methoxy groups -OCH3 is 1. The Kier molecular flexibility index (Phi) is 5.11. The molecule has 0 aliphatic heterocycles. The average Bonchev–Trinajstić information content (AvgIpc) is 2.98. The Balaban J connectivity index is 2.09. The van der Waals surface area contributed by atoms with Crippen LogP contribution in [-0.4, -0.2) is 22.9 Å². The van der Waals surface area contributed by atoms with E-state index < -0.39 is 5.97 Å². The first-order chi connectivity index (χ1) is 12.0. The second-order valence-electron chi connectivity index (χ2n) is 5.69. The van der Waals surface area contributed by atoms with E-state index in [2.05, 4.69) is 11.2 Å². The van der Waals surface area contributed by atoms with E-state index in [4.69, 9.17) is 27.9 Å². The molecule has 0 radical (unpaired) electrons. The largest absolute Gasteiger partial charge is 0.464 e. The predicted octanol–water partition coefficient (Wildman–Crippen LogP) is 4.86. The normalized spacial score (nSPS) is 10.7. The van der Waals surface area contributed by atoms with Crippen molar-refractivity contribution < 1.29 is 9.53 Å². The van der Waals surface area contributed by atoms with E-state index in [1.165, 1.54) is 12.7 Å². The number of halogens is 2. The summed E-state index contributed by atoms with van der Waals surface area (Å²) >= 11 is 12.3. The van der Waals surface area contributed by atoms with Crippen molar-refractivity contribution in [1.29, 1.82) is 0 Å². The maximum atomic E-state index is 11.9. The summed E-state index contributed by atoms with van der Waals surface area (Å²) in [6, 6.07) is 15.0. The Bertz CT molecular complexity index is 935. The third-order valence-electron chi connectivity index (χ3n) is 3.78. The minimum atomic E-state index is -0.491. The number of rotatable bonds is 4. The number of esters is 1. The summed E-state index contributed by atoms with van der Waals surface area (Å²) in [5, 5.41) is 5.37. The number of benzene rings is 2. The van der Waals surface area contributed by atoms with E-state index in [-0.39, 0.29) is 5.69 Å². The second-order valence-corrected chi connectivity index (χ2v) is 6.53. The van der Waals surface area contributed by atoms with Crippen molar-refractivity contribution in [3.8, 4) is 5.69 Å². The van der Waals surface area contributed by atoms with Crippen LogP contribution in [0.1, 0.15) is 27.3 Å². The molecule has 2 aromatic carbocycles. The van der Waals surface area contributed by atoms with Gasteiger partial charge in [-0.2, -0.15) is 5.10 Å². The monoisotopic (exact) mass is 374 g/mol. The summed E-state index contributed by atoms with van der Waals surface area (Å²) in [7, 11) is 1.33. The molecule has 0 unspecified atom stereocenters. The van der Waals surface area contributed by atoms with Crippen LogP contribution in [0.15, 0.2) is 48.5 Å². The van der Waals surface area contributed by atoms with E-state index >= 15 is 0 Å². The van der Waals surface area contributed by atoms with E-state index in [0.717, 1.165) is 11.3 Å². The van der Waals surface area contributed by atoms with Crippen LogP contribution in [0.5, 0.6) is 0 Å². The summed E-state index contributed by atoms with van der Waals surface area (Å²) in [6.45, 7) is 2.04. The molecule has 128 valence electrons. The molecule has 0 bridgehead atoms. The molecule has 25 heavy (non-hydrogen) atoms. The number of aromatic nitrogens is 2. The fraction of sp³-hybridized carbons (Fsp3) is 0.158. The first-order valence-electron chi connectivity index (χ1n) is 7.66.